The molecule has 0 aliphatic carbocycles. The molecule has 0 amide bonds. The topological polar surface area (TPSA) is 91.7 Å². The molecular formula is C14H12O5V. The van der Waals surface area contributed by atoms with Crippen molar-refractivity contribution in [2.24, 2.45) is 0 Å². The van der Waals surface area contributed by atoms with Crippen LogP contribution in [0, 0.1) is 0 Å². The summed E-state index contributed by atoms with van der Waals surface area (Å²) in [5.74, 6) is 0.0694. The summed E-state index contributed by atoms with van der Waals surface area (Å²) in [6.07, 6.45) is 1.24. The van der Waals surface area contributed by atoms with Gasteiger partial charge in [0.25, 0.3) is 0 Å². The van der Waals surface area contributed by atoms with Crippen LogP contribution < -0.4 is 0 Å². The van der Waals surface area contributed by atoms with Crippen LogP contribution in [-0.2, 0) is 21.0 Å². The molecule has 0 saturated heterocycles. The van der Waals surface area contributed by atoms with Gasteiger partial charge in [0.1, 0.15) is 11.5 Å². The summed E-state index contributed by atoms with van der Waals surface area (Å²) >= 11 is 1.06. The summed E-state index contributed by atoms with van der Waals surface area (Å²) in [6.45, 7) is 0. The third kappa shape index (κ3) is 6.08. The molecule has 103 valence electrons. The zero-order valence-electron chi connectivity index (χ0n) is 10.3. The Morgan fingerprint density at radius 1 is 0.700 bits per heavy atom. The molecule has 0 aromatic heterocycles. The first-order chi connectivity index (χ1) is 9.69. The van der Waals surface area contributed by atoms with E-state index < -0.39 is 0 Å². The van der Waals surface area contributed by atoms with Gasteiger partial charge in [-0.05, 0) is 24.3 Å². The first kappa shape index (κ1) is 17.8. The van der Waals surface area contributed by atoms with E-state index >= 15 is 0 Å². The molecule has 20 heavy (non-hydrogen) atoms. The van der Waals surface area contributed by atoms with Crippen LogP contribution in [0.3, 0.4) is 0 Å². The van der Waals surface area contributed by atoms with Crippen LogP contribution in [0.15, 0.2) is 48.5 Å². The number of benzene rings is 2. The molecule has 0 radical (unpaired) electrons. The molecule has 0 atom stereocenters. The van der Waals surface area contributed by atoms with Crippen LogP contribution in [-0.4, -0.2) is 22.8 Å². The summed E-state index contributed by atoms with van der Waals surface area (Å²) in [7, 11) is 0. The van der Waals surface area contributed by atoms with E-state index in [1.165, 1.54) is 12.1 Å². The number of phenols is 2. The average Bonchev–Trinajstić information content (AvgIpc) is 2.51. The van der Waals surface area contributed by atoms with Crippen LogP contribution in [0.5, 0.6) is 11.5 Å². The van der Waals surface area contributed by atoms with E-state index in [0.29, 0.717) is 23.7 Å². The predicted octanol–water partition coefficient (Wildman–Crippen LogP) is 2.29. The third-order valence-corrected chi connectivity index (χ3v) is 2.13. The van der Waals surface area contributed by atoms with Gasteiger partial charge in [0.15, 0.2) is 12.6 Å². The van der Waals surface area contributed by atoms with Crippen molar-refractivity contribution in [3.8, 4) is 11.5 Å². The van der Waals surface area contributed by atoms with Gasteiger partial charge in [0.2, 0.25) is 0 Å². The number of hydrogen-bond acceptors (Lipinski definition) is 5. The van der Waals surface area contributed by atoms with Gasteiger partial charge < -0.3 is 10.2 Å². The minimum atomic E-state index is 0.0347. The molecule has 0 heterocycles. The Morgan fingerprint density at radius 2 is 1.00 bits per heavy atom. The molecule has 0 saturated carbocycles. The Balaban J connectivity index is 0.000000321. The fourth-order valence-corrected chi connectivity index (χ4v) is 1.17. The maximum atomic E-state index is 10.1. The van der Waals surface area contributed by atoms with Crippen molar-refractivity contribution in [2.45, 2.75) is 0 Å². The maximum absolute atomic E-state index is 10.1. The molecule has 2 aromatic carbocycles. The zero-order chi connectivity index (χ0) is 15.4. The summed E-state index contributed by atoms with van der Waals surface area (Å²) in [4.78, 5) is 20.1. The number of aromatic hydroxyl groups is 2. The van der Waals surface area contributed by atoms with Crippen molar-refractivity contribution in [1.29, 1.82) is 0 Å². The second-order valence-electron chi connectivity index (χ2n) is 3.35. The second-order valence-corrected chi connectivity index (χ2v) is 3.35. The van der Waals surface area contributed by atoms with Gasteiger partial charge >= 0.3 is 21.0 Å². The van der Waals surface area contributed by atoms with Crippen molar-refractivity contribution in [2.75, 3.05) is 0 Å². The Morgan fingerprint density at radius 3 is 1.20 bits per heavy atom. The molecule has 6 heteroatoms. The first-order valence-electron chi connectivity index (χ1n) is 5.33. The van der Waals surface area contributed by atoms with Crippen LogP contribution in [0.25, 0.3) is 0 Å². The summed E-state index contributed by atoms with van der Waals surface area (Å²) in [5, 5.41) is 17.8. The summed E-state index contributed by atoms with van der Waals surface area (Å²) in [5.41, 5.74) is 0.662. The summed E-state index contributed by atoms with van der Waals surface area (Å²) in [6, 6.07) is 12.8. The Bertz CT molecular complexity index is 507. The van der Waals surface area contributed by atoms with E-state index in [0.717, 1.165) is 17.4 Å². The summed E-state index contributed by atoms with van der Waals surface area (Å²) < 4.78 is 8.19. The molecule has 5 nitrogen and oxygen atoms in total. The number of phenolic OH excluding ortho intramolecular Hbond substituents is 2. The molecule has 0 aliphatic rings. The number of carbonyl (C=O) groups is 2. The van der Waals surface area contributed by atoms with Crippen LogP contribution in [0.4, 0.5) is 0 Å². The van der Waals surface area contributed by atoms with Gasteiger partial charge in [-0.15, -0.1) is 0 Å². The van der Waals surface area contributed by atoms with Crippen LogP contribution in [0.1, 0.15) is 20.7 Å². The van der Waals surface area contributed by atoms with Crippen molar-refractivity contribution in [3.05, 3.63) is 59.7 Å². The van der Waals surface area contributed by atoms with Gasteiger partial charge in [-0.2, -0.15) is 0 Å². The normalized spacial score (nSPS) is 8.15. The van der Waals surface area contributed by atoms with Gasteiger partial charge in [-0.3, -0.25) is 9.59 Å². The van der Waals surface area contributed by atoms with Gasteiger partial charge in [0, 0.05) is 0 Å². The van der Waals surface area contributed by atoms with Crippen molar-refractivity contribution in [3.63, 3.8) is 0 Å². The van der Waals surface area contributed by atoms with E-state index in [1.807, 2.05) is 0 Å². The Hall–Kier alpha value is -2.24. The molecule has 0 unspecified atom stereocenters. The van der Waals surface area contributed by atoms with Crippen LogP contribution in [0.2, 0.25) is 0 Å². The molecule has 0 spiro atoms. The molecule has 0 bridgehead atoms. The number of carbonyl (C=O) groups excluding carboxylic acids is 2. The average molecular weight is 311 g/mol. The van der Waals surface area contributed by atoms with E-state index in [9.17, 15) is 9.59 Å². The molecule has 0 fully saturated rings. The monoisotopic (exact) mass is 311 g/mol. The fourth-order valence-electron chi connectivity index (χ4n) is 1.17. The van der Waals surface area contributed by atoms with E-state index in [4.69, 9.17) is 13.9 Å². The van der Waals surface area contributed by atoms with Crippen molar-refractivity contribution >= 4 is 12.6 Å². The minimum absolute atomic E-state index is 0.0347. The standard InChI is InChI=1S/2C7H6O2.O.V/c2*8-5-6-3-1-2-4-7(6)9;;/h2*1-5,9H;;. The molecular weight excluding hydrogens is 299 g/mol. The third-order valence-electron chi connectivity index (χ3n) is 2.13. The Kier molecular flexibility index (Phi) is 9.47. The van der Waals surface area contributed by atoms with Gasteiger partial charge in [0.05, 0.1) is 11.1 Å². The number of rotatable bonds is 2. The van der Waals surface area contributed by atoms with Crippen LogP contribution >= 0.6 is 0 Å². The first-order valence-corrected chi connectivity index (χ1v) is 5.90. The SMILES string of the molecule is O=Cc1ccccc1O.O=Cc1ccccc1O.[O]=[V]. The van der Waals surface area contributed by atoms with E-state index in [2.05, 4.69) is 0 Å². The fraction of sp³-hybridized carbons (Fsp3) is 0. The van der Waals surface area contributed by atoms with Gasteiger partial charge in [-0.25, -0.2) is 0 Å². The van der Waals surface area contributed by atoms with E-state index in [-0.39, 0.29) is 11.5 Å². The van der Waals surface area contributed by atoms with Crippen molar-refractivity contribution < 1.29 is 40.8 Å². The van der Waals surface area contributed by atoms with Gasteiger partial charge in [-0.1, -0.05) is 24.3 Å². The molecule has 2 rings (SSSR count). The number of aldehydes is 2. The predicted molar refractivity (Wildman–Crippen MR) is 67.7 cm³/mol. The number of hydrogen-bond donors (Lipinski definition) is 2. The second kappa shape index (κ2) is 10.7. The molecule has 0 aliphatic heterocycles. The van der Waals surface area contributed by atoms with E-state index in [1.54, 1.807) is 36.4 Å². The quantitative estimate of drug-likeness (QED) is 0.830. The Labute approximate surface area is 125 Å². The zero-order valence-corrected chi connectivity index (χ0v) is 11.7. The molecule has 2 N–H and O–H groups in total. The molecule has 2 aromatic rings. The van der Waals surface area contributed by atoms with Crippen molar-refractivity contribution in [1.82, 2.24) is 0 Å². The number of para-hydroxylation sites is 2.